The first-order valence-electron chi connectivity index (χ1n) is 12.2. The maximum Gasteiger partial charge on any atom is 0.0493 e. The van der Waals surface area contributed by atoms with Crippen LogP contribution in [0.2, 0.25) is 0 Å². The summed E-state index contributed by atoms with van der Waals surface area (Å²) in [6.45, 7) is 8.62. The lowest BCUT2D eigenvalue weighted by molar-refractivity contribution is 1.24. The zero-order chi connectivity index (χ0) is 24.4. The van der Waals surface area contributed by atoms with Gasteiger partial charge in [-0.25, -0.2) is 0 Å². The molecule has 0 heterocycles. The fourth-order valence-corrected chi connectivity index (χ4v) is 4.64. The van der Waals surface area contributed by atoms with E-state index in [1.165, 1.54) is 50.2 Å². The van der Waals surface area contributed by atoms with E-state index < -0.39 is 0 Å². The average molecular weight is 454 g/mol. The Kier molecular flexibility index (Phi) is 6.25. The van der Waals surface area contributed by atoms with Gasteiger partial charge in [0, 0.05) is 17.1 Å². The Morgan fingerprint density at radius 1 is 0.400 bits per heavy atom. The molecule has 1 nitrogen and oxygen atoms in total. The monoisotopic (exact) mass is 453 g/mol. The lowest BCUT2D eigenvalue weighted by Gasteiger charge is -2.28. The Balaban J connectivity index is 1.57. The van der Waals surface area contributed by atoms with Crippen molar-refractivity contribution in [3.63, 3.8) is 0 Å². The van der Waals surface area contributed by atoms with Crippen molar-refractivity contribution in [2.45, 2.75) is 27.7 Å². The molecule has 0 atom stereocenters. The first-order valence-corrected chi connectivity index (χ1v) is 12.2. The topological polar surface area (TPSA) is 3.24 Å². The first-order chi connectivity index (χ1) is 17.0. The van der Waals surface area contributed by atoms with Crippen molar-refractivity contribution in [1.29, 1.82) is 0 Å². The van der Waals surface area contributed by atoms with E-state index in [1.54, 1.807) is 0 Å². The molecule has 0 saturated carbocycles. The number of benzene rings is 5. The van der Waals surface area contributed by atoms with Gasteiger partial charge < -0.3 is 4.90 Å². The highest BCUT2D eigenvalue weighted by Crippen LogP contribution is 2.38. The predicted octanol–water partition coefficient (Wildman–Crippen LogP) is 9.72. The minimum absolute atomic E-state index is 1.15. The van der Waals surface area contributed by atoms with Crippen molar-refractivity contribution >= 4 is 17.1 Å². The third-order valence-electron chi connectivity index (χ3n) is 6.56. The van der Waals surface area contributed by atoms with Crippen LogP contribution >= 0.6 is 0 Å². The molecule has 0 aliphatic heterocycles. The van der Waals surface area contributed by atoms with Gasteiger partial charge in [-0.3, -0.25) is 0 Å². The zero-order valence-corrected chi connectivity index (χ0v) is 20.9. The van der Waals surface area contributed by atoms with Gasteiger partial charge >= 0.3 is 0 Å². The SMILES string of the molecule is Cc1cccc(-c2ccc(N(c3ccc(-c4cccc(C)c4)cc3)c3cc(C)ccc3C)cc2)c1. The number of aryl methyl sites for hydroxylation is 4. The smallest absolute Gasteiger partial charge is 0.0493 e. The number of hydrogen-bond acceptors (Lipinski definition) is 1. The van der Waals surface area contributed by atoms with Crippen molar-refractivity contribution in [3.8, 4) is 22.3 Å². The lowest BCUT2D eigenvalue weighted by Crippen LogP contribution is -2.11. The molecule has 0 bridgehead atoms. The van der Waals surface area contributed by atoms with Crippen molar-refractivity contribution in [2.75, 3.05) is 4.90 Å². The van der Waals surface area contributed by atoms with Crippen LogP contribution in [0.15, 0.2) is 115 Å². The summed E-state index contributed by atoms with van der Waals surface area (Å²) in [5.74, 6) is 0. The van der Waals surface area contributed by atoms with E-state index in [0.717, 1.165) is 11.4 Å². The summed E-state index contributed by atoms with van der Waals surface area (Å²) in [5.41, 5.74) is 13.5. The van der Waals surface area contributed by atoms with Crippen molar-refractivity contribution in [2.24, 2.45) is 0 Å². The number of rotatable bonds is 5. The summed E-state index contributed by atoms with van der Waals surface area (Å²) in [4.78, 5) is 2.36. The standard InChI is InChI=1S/C34H31N/c1-24-7-5-9-30(21-24)28-13-17-32(18-14-28)35(34-23-26(3)11-12-27(34)4)33-19-15-29(16-20-33)31-10-6-8-25(2)22-31/h5-23H,1-4H3. The summed E-state index contributed by atoms with van der Waals surface area (Å²) in [6, 6.07) is 41.8. The first kappa shape index (κ1) is 22.7. The van der Waals surface area contributed by atoms with Crippen molar-refractivity contribution < 1.29 is 0 Å². The van der Waals surface area contributed by atoms with Gasteiger partial charge in [-0.15, -0.1) is 0 Å². The Morgan fingerprint density at radius 3 is 1.31 bits per heavy atom. The minimum atomic E-state index is 1.15. The zero-order valence-electron chi connectivity index (χ0n) is 20.9. The molecule has 0 radical (unpaired) electrons. The molecule has 5 rings (SSSR count). The fraction of sp³-hybridized carbons (Fsp3) is 0.118. The van der Waals surface area contributed by atoms with Crippen LogP contribution in [0.5, 0.6) is 0 Å². The van der Waals surface area contributed by atoms with Gasteiger partial charge in [-0.05, 0) is 91.4 Å². The minimum Gasteiger partial charge on any atom is -0.310 e. The Labute approximate surface area is 209 Å². The van der Waals surface area contributed by atoms with Gasteiger partial charge in [0.05, 0.1) is 0 Å². The van der Waals surface area contributed by atoms with Gasteiger partial charge in [0.25, 0.3) is 0 Å². The molecule has 0 aromatic heterocycles. The van der Waals surface area contributed by atoms with Gasteiger partial charge in [-0.1, -0.05) is 96.1 Å². The molecular formula is C34H31N. The van der Waals surface area contributed by atoms with Gasteiger partial charge in [0.15, 0.2) is 0 Å². The Hall–Kier alpha value is -4.10. The summed E-state index contributed by atoms with van der Waals surface area (Å²) in [6.07, 6.45) is 0. The van der Waals surface area contributed by atoms with Gasteiger partial charge in [0.2, 0.25) is 0 Å². The van der Waals surface area contributed by atoms with E-state index >= 15 is 0 Å². The largest absolute Gasteiger partial charge is 0.310 e. The van der Waals surface area contributed by atoms with Crippen molar-refractivity contribution in [3.05, 3.63) is 138 Å². The molecule has 35 heavy (non-hydrogen) atoms. The maximum absolute atomic E-state index is 2.36. The van der Waals surface area contributed by atoms with Crippen LogP contribution in [0.3, 0.4) is 0 Å². The molecule has 0 fully saturated rings. The number of anilines is 3. The summed E-state index contributed by atoms with van der Waals surface area (Å²) in [7, 11) is 0. The second kappa shape index (κ2) is 9.64. The second-order valence-electron chi connectivity index (χ2n) is 9.46. The quantitative estimate of drug-likeness (QED) is 0.256. The van der Waals surface area contributed by atoms with E-state index in [1.807, 2.05) is 0 Å². The summed E-state index contributed by atoms with van der Waals surface area (Å²) < 4.78 is 0. The highest BCUT2D eigenvalue weighted by molar-refractivity contribution is 5.81. The molecule has 5 aromatic carbocycles. The molecule has 0 unspecified atom stereocenters. The van der Waals surface area contributed by atoms with Gasteiger partial charge in [0.1, 0.15) is 0 Å². The molecule has 5 aromatic rings. The highest BCUT2D eigenvalue weighted by atomic mass is 15.1. The molecule has 0 aliphatic carbocycles. The third kappa shape index (κ3) is 4.90. The molecule has 0 amide bonds. The molecule has 0 spiro atoms. The van der Waals surface area contributed by atoms with Crippen LogP contribution in [0.4, 0.5) is 17.1 Å². The van der Waals surface area contributed by atoms with Crippen LogP contribution in [0.25, 0.3) is 22.3 Å². The van der Waals surface area contributed by atoms with Crippen molar-refractivity contribution in [1.82, 2.24) is 0 Å². The third-order valence-corrected chi connectivity index (χ3v) is 6.56. The molecule has 0 saturated heterocycles. The van der Waals surface area contributed by atoms with E-state index in [2.05, 4.69) is 148 Å². The van der Waals surface area contributed by atoms with Gasteiger partial charge in [-0.2, -0.15) is 0 Å². The second-order valence-corrected chi connectivity index (χ2v) is 9.46. The normalized spacial score (nSPS) is 10.9. The molecule has 1 heteroatoms. The van der Waals surface area contributed by atoms with Crippen LogP contribution in [-0.2, 0) is 0 Å². The Bertz CT molecular complexity index is 1370. The maximum atomic E-state index is 2.36. The number of hydrogen-bond donors (Lipinski definition) is 0. The predicted molar refractivity (Wildman–Crippen MR) is 151 cm³/mol. The molecule has 0 N–H and O–H groups in total. The average Bonchev–Trinajstić information content (AvgIpc) is 2.87. The van der Waals surface area contributed by atoms with Crippen LogP contribution < -0.4 is 4.90 Å². The van der Waals surface area contributed by atoms with E-state index in [9.17, 15) is 0 Å². The highest BCUT2D eigenvalue weighted by Gasteiger charge is 2.15. The molecular weight excluding hydrogens is 422 g/mol. The fourth-order valence-electron chi connectivity index (χ4n) is 4.64. The lowest BCUT2D eigenvalue weighted by atomic mass is 10.0. The summed E-state index contributed by atoms with van der Waals surface area (Å²) >= 11 is 0. The Morgan fingerprint density at radius 2 is 0.857 bits per heavy atom. The molecule has 172 valence electrons. The summed E-state index contributed by atoms with van der Waals surface area (Å²) in [5, 5.41) is 0. The van der Waals surface area contributed by atoms with Crippen LogP contribution in [-0.4, -0.2) is 0 Å². The van der Waals surface area contributed by atoms with E-state index in [0.29, 0.717) is 0 Å². The van der Waals surface area contributed by atoms with Crippen LogP contribution in [0, 0.1) is 27.7 Å². The van der Waals surface area contributed by atoms with E-state index in [4.69, 9.17) is 0 Å². The van der Waals surface area contributed by atoms with E-state index in [-0.39, 0.29) is 0 Å². The van der Waals surface area contributed by atoms with Crippen LogP contribution in [0.1, 0.15) is 22.3 Å². The molecule has 0 aliphatic rings. The number of nitrogens with zero attached hydrogens (tertiary/aromatic N) is 1.